The van der Waals surface area contributed by atoms with Crippen LogP contribution < -0.4 is 10.9 Å². The van der Waals surface area contributed by atoms with Gasteiger partial charge in [0.25, 0.3) is 10.2 Å². The molecule has 0 aromatic rings. The van der Waals surface area contributed by atoms with Crippen LogP contribution >= 0.6 is 0 Å². The fourth-order valence-corrected chi connectivity index (χ4v) is 1.24. The Morgan fingerprint density at radius 1 is 1.45 bits per heavy atom. The maximum Gasteiger partial charge on any atom is 0.277 e. The highest BCUT2D eigenvalue weighted by atomic mass is 32.2. The van der Waals surface area contributed by atoms with E-state index in [0.717, 1.165) is 4.31 Å². The van der Waals surface area contributed by atoms with Gasteiger partial charge in [-0.05, 0) is 13.8 Å². The third-order valence-electron chi connectivity index (χ3n) is 1.73. The highest BCUT2D eigenvalue weighted by Crippen LogP contribution is 2.11. The van der Waals surface area contributed by atoms with Crippen LogP contribution in [0.15, 0.2) is 0 Å². The van der Waals surface area contributed by atoms with Crippen LogP contribution in [0.25, 0.3) is 0 Å². The summed E-state index contributed by atoms with van der Waals surface area (Å²) in [6.07, 6.45) is 0. The first-order chi connectivity index (χ1) is 4.72. The van der Waals surface area contributed by atoms with Gasteiger partial charge in [0.15, 0.2) is 0 Å². The lowest BCUT2D eigenvalue weighted by molar-refractivity contribution is 0.274. The van der Waals surface area contributed by atoms with Crippen molar-refractivity contribution < 1.29 is 8.42 Å². The monoisotopic (exact) mass is 181 g/mol. The molecule has 0 spiro atoms. The quantitative estimate of drug-likeness (QED) is 0.576. The molecular weight excluding hydrogens is 166 g/mol. The van der Waals surface area contributed by atoms with Crippen molar-refractivity contribution >= 4 is 10.2 Å². The Labute approximate surface area is 67.5 Å². The molecule has 0 amide bonds. The van der Waals surface area contributed by atoms with Crippen molar-refractivity contribution in [2.75, 3.05) is 13.6 Å². The van der Waals surface area contributed by atoms with Crippen molar-refractivity contribution in [3.05, 3.63) is 0 Å². The summed E-state index contributed by atoms with van der Waals surface area (Å²) < 4.78 is 22.6. The Kier molecular flexibility index (Phi) is 3.01. The van der Waals surface area contributed by atoms with Crippen molar-refractivity contribution in [1.82, 2.24) is 4.31 Å². The summed E-state index contributed by atoms with van der Waals surface area (Å²) in [5, 5.41) is 4.88. The van der Waals surface area contributed by atoms with Crippen LogP contribution in [0.3, 0.4) is 0 Å². The predicted molar refractivity (Wildman–Crippen MR) is 44.0 cm³/mol. The maximum absolute atomic E-state index is 10.8. The molecule has 68 valence electrons. The van der Waals surface area contributed by atoms with Gasteiger partial charge in [-0.3, -0.25) is 0 Å². The molecule has 0 bridgehead atoms. The standard InChI is InChI=1S/C5H15N3O2S/c1-5(2,4-6)8(3)11(7,9)10/h4,6H2,1-3H3,(H2,7,9,10). The van der Waals surface area contributed by atoms with Crippen molar-refractivity contribution in [2.24, 2.45) is 10.9 Å². The van der Waals surface area contributed by atoms with Gasteiger partial charge >= 0.3 is 0 Å². The van der Waals surface area contributed by atoms with Crippen LogP contribution in [-0.2, 0) is 10.2 Å². The summed E-state index contributed by atoms with van der Waals surface area (Å²) in [5.74, 6) is 0. The largest absolute Gasteiger partial charge is 0.329 e. The van der Waals surface area contributed by atoms with Gasteiger partial charge in [-0.15, -0.1) is 0 Å². The number of nitrogens with two attached hydrogens (primary N) is 2. The maximum atomic E-state index is 10.8. The number of likely N-dealkylation sites (N-methyl/N-ethyl adjacent to an activating group) is 1. The molecule has 0 atom stereocenters. The van der Waals surface area contributed by atoms with E-state index in [9.17, 15) is 8.42 Å². The Hall–Kier alpha value is -0.170. The zero-order chi connectivity index (χ0) is 9.28. The summed E-state index contributed by atoms with van der Waals surface area (Å²) in [5.41, 5.74) is 4.72. The fraction of sp³-hybridized carbons (Fsp3) is 1.00. The van der Waals surface area contributed by atoms with Crippen LogP contribution in [-0.4, -0.2) is 31.9 Å². The van der Waals surface area contributed by atoms with E-state index in [0.29, 0.717) is 0 Å². The lowest BCUT2D eigenvalue weighted by atomic mass is 10.1. The molecule has 0 heterocycles. The van der Waals surface area contributed by atoms with Gasteiger partial charge in [0.05, 0.1) is 0 Å². The zero-order valence-electron chi connectivity index (χ0n) is 7.03. The Bertz CT molecular complexity index is 222. The Balaban J connectivity index is 4.63. The molecule has 0 aromatic carbocycles. The van der Waals surface area contributed by atoms with Crippen molar-refractivity contribution in [1.29, 1.82) is 0 Å². The normalized spacial score (nSPS) is 14.0. The minimum atomic E-state index is -3.62. The van der Waals surface area contributed by atoms with Crippen molar-refractivity contribution in [3.63, 3.8) is 0 Å². The van der Waals surface area contributed by atoms with Gasteiger partial charge in [-0.2, -0.15) is 12.7 Å². The summed E-state index contributed by atoms with van der Waals surface area (Å²) in [7, 11) is -2.21. The molecule has 0 rings (SSSR count). The summed E-state index contributed by atoms with van der Waals surface area (Å²) in [6, 6.07) is 0. The second kappa shape index (κ2) is 3.06. The van der Waals surface area contributed by atoms with Crippen LogP contribution in [0.2, 0.25) is 0 Å². The minimum Gasteiger partial charge on any atom is -0.329 e. The fourth-order valence-electron chi connectivity index (χ4n) is 0.473. The first-order valence-corrected chi connectivity index (χ1v) is 4.69. The van der Waals surface area contributed by atoms with E-state index in [2.05, 4.69) is 0 Å². The summed E-state index contributed by atoms with van der Waals surface area (Å²) in [6.45, 7) is 3.65. The minimum absolute atomic E-state index is 0.236. The second-order valence-corrected chi connectivity index (χ2v) is 4.61. The van der Waals surface area contributed by atoms with E-state index in [1.165, 1.54) is 7.05 Å². The molecule has 11 heavy (non-hydrogen) atoms. The van der Waals surface area contributed by atoms with E-state index >= 15 is 0 Å². The van der Waals surface area contributed by atoms with Crippen molar-refractivity contribution in [2.45, 2.75) is 19.4 Å². The molecule has 0 aliphatic heterocycles. The average molecular weight is 181 g/mol. The summed E-state index contributed by atoms with van der Waals surface area (Å²) in [4.78, 5) is 0. The van der Waals surface area contributed by atoms with Crippen LogP contribution in [0.5, 0.6) is 0 Å². The molecule has 0 radical (unpaired) electrons. The van der Waals surface area contributed by atoms with Gasteiger partial charge in [-0.1, -0.05) is 0 Å². The van der Waals surface area contributed by atoms with E-state index in [1.54, 1.807) is 13.8 Å². The summed E-state index contributed by atoms with van der Waals surface area (Å²) >= 11 is 0. The third kappa shape index (κ3) is 2.74. The van der Waals surface area contributed by atoms with Gasteiger partial charge in [0, 0.05) is 19.1 Å². The number of nitrogens with zero attached hydrogens (tertiary/aromatic N) is 1. The molecule has 0 unspecified atom stereocenters. The van der Waals surface area contributed by atoms with Gasteiger partial charge in [0.2, 0.25) is 0 Å². The van der Waals surface area contributed by atoms with Crippen molar-refractivity contribution in [3.8, 4) is 0 Å². The molecule has 4 N–H and O–H groups in total. The first-order valence-electron chi connectivity index (χ1n) is 3.18. The van der Waals surface area contributed by atoms with E-state index < -0.39 is 15.7 Å². The Morgan fingerprint density at radius 2 is 1.82 bits per heavy atom. The molecular formula is C5H15N3O2S. The van der Waals surface area contributed by atoms with Gasteiger partial charge < -0.3 is 5.73 Å². The average Bonchev–Trinajstić information content (AvgIpc) is 1.84. The molecule has 0 fully saturated rings. The van der Waals surface area contributed by atoms with Crippen LogP contribution in [0, 0.1) is 0 Å². The third-order valence-corrected chi connectivity index (χ3v) is 2.99. The molecule has 0 aliphatic carbocycles. The molecule has 6 heteroatoms. The topological polar surface area (TPSA) is 89.4 Å². The Morgan fingerprint density at radius 3 is 1.91 bits per heavy atom. The highest BCUT2D eigenvalue weighted by Gasteiger charge is 2.28. The number of hydrogen-bond donors (Lipinski definition) is 2. The van der Waals surface area contributed by atoms with Gasteiger partial charge in [0.1, 0.15) is 0 Å². The van der Waals surface area contributed by atoms with E-state index in [1.807, 2.05) is 0 Å². The molecule has 0 aliphatic rings. The lowest BCUT2D eigenvalue weighted by Crippen LogP contribution is -2.52. The smallest absolute Gasteiger partial charge is 0.277 e. The van der Waals surface area contributed by atoms with Crippen LogP contribution in [0.4, 0.5) is 0 Å². The number of rotatable bonds is 3. The lowest BCUT2D eigenvalue weighted by Gasteiger charge is -2.31. The van der Waals surface area contributed by atoms with E-state index in [4.69, 9.17) is 10.9 Å². The number of hydrogen-bond acceptors (Lipinski definition) is 3. The molecule has 5 nitrogen and oxygen atoms in total. The van der Waals surface area contributed by atoms with Gasteiger partial charge in [-0.25, -0.2) is 5.14 Å². The molecule has 0 saturated carbocycles. The second-order valence-electron chi connectivity index (χ2n) is 3.03. The van der Waals surface area contributed by atoms with E-state index in [-0.39, 0.29) is 6.54 Å². The zero-order valence-corrected chi connectivity index (χ0v) is 7.85. The highest BCUT2D eigenvalue weighted by molar-refractivity contribution is 7.86. The van der Waals surface area contributed by atoms with Crippen LogP contribution in [0.1, 0.15) is 13.8 Å². The molecule has 0 saturated heterocycles. The SMILES string of the molecule is CN(C(C)(C)CN)S(N)(=O)=O. The predicted octanol–water partition coefficient (Wildman–Crippen LogP) is -1.14. The molecule has 0 aromatic heterocycles. The first kappa shape index (κ1) is 10.8.